The van der Waals surface area contributed by atoms with Crippen molar-refractivity contribution in [3.05, 3.63) is 5.82 Å². The highest BCUT2D eigenvalue weighted by atomic mass is 32.1. The van der Waals surface area contributed by atoms with Crippen LogP contribution >= 0.6 is 11.5 Å². The maximum Gasteiger partial charge on any atom is 0.329 e. The molecule has 0 aromatic carbocycles. The van der Waals surface area contributed by atoms with Crippen molar-refractivity contribution in [3.8, 4) is 0 Å². The Labute approximate surface area is 109 Å². The lowest BCUT2D eigenvalue weighted by Crippen LogP contribution is -2.62. The van der Waals surface area contributed by atoms with E-state index in [-0.39, 0.29) is 12.2 Å². The van der Waals surface area contributed by atoms with E-state index < -0.39 is 5.97 Å². The number of rotatable bonds is 5. The smallest absolute Gasteiger partial charge is 0.329 e. The fraction of sp³-hybridized carbons (Fsp3) is 0.727. The highest BCUT2D eigenvalue weighted by Gasteiger charge is 2.42. The molecule has 1 aliphatic carbocycles. The third-order valence-electron chi connectivity index (χ3n) is 3.24. The van der Waals surface area contributed by atoms with E-state index in [9.17, 15) is 4.79 Å². The SMILES string of the molecule is CC1(OCC(=O)O)CN(c2nc(C3CC3)ns2)C1. The molecule has 1 N–H and O–H groups in total. The molecule has 1 aliphatic heterocycles. The molecule has 18 heavy (non-hydrogen) atoms. The van der Waals surface area contributed by atoms with E-state index in [4.69, 9.17) is 9.84 Å². The molecule has 2 fully saturated rings. The summed E-state index contributed by atoms with van der Waals surface area (Å²) in [6, 6.07) is 0. The second-order valence-corrected chi connectivity index (χ2v) is 5.93. The van der Waals surface area contributed by atoms with Gasteiger partial charge in [-0.25, -0.2) is 9.78 Å². The molecule has 2 aliphatic rings. The zero-order valence-electron chi connectivity index (χ0n) is 10.1. The molecule has 98 valence electrons. The van der Waals surface area contributed by atoms with Crippen molar-refractivity contribution >= 4 is 22.6 Å². The topological polar surface area (TPSA) is 75.6 Å². The van der Waals surface area contributed by atoms with Crippen molar-refractivity contribution in [1.29, 1.82) is 0 Å². The Kier molecular flexibility index (Phi) is 2.74. The van der Waals surface area contributed by atoms with Gasteiger partial charge in [-0.3, -0.25) is 0 Å². The van der Waals surface area contributed by atoms with E-state index >= 15 is 0 Å². The Morgan fingerprint density at radius 1 is 1.61 bits per heavy atom. The lowest BCUT2D eigenvalue weighted by molar-refractivity contribution is -0.150. The number of nitrogens with zero attached hydrogens (tertiary/aromatic N) is 3. The molecule has 0 unspecified atom stereocenters. The van der Waals surface area contributed by atoms with Crippen LogP contribution in [0, 0.1) is 0 Å². The molecule has 1 aromatic heterocycles. The first-order valence-corrected chi connectivity index (χ1v) is 6.77. The number of hydrogen-bond acceptors (Lipinski definition) is 6. The van der Waals surface area contributed by atoms with E-state index in [0.29, 0.717) is 19.0 Å². The molecule has 0 atom stereocenters. The predicted octanol–water partition coefficient (Wildman–Crippen LogP) is 1.10. The Balaban J connectivity index is 1.55. The Hall–Kier alpha value is -1.21. The van der Waals surface area contributed by atoms with E-state index in [0.717, 1.165) is 11.0 Å². The van der Waals surface area contributed by atoms with Gasteiger partial charge in [0, 0.05) is 17.5 Å². The van der Waals surface area contributed by atoms with E-state index in [1.54, 1.807) is 0 Å². The number of carboxylic acid groups (broad SMARTS) is 1. The molecular formula is C11H15N3O3S. The summed E-state index contributed by atoms with van der Waals surface area (Å²) in [5.41, 5.74) is -0.371. The molecule has 7 heteroatoms. The summed E-state index contributed by atoms with van der Waals surface area (Å²) >= 11 is 1.42. The zero-order valence-corrected chi connectivity index (χ0v) is 10.9. The Morgan fingerprint density at radius 2 is 2.33 bits per heavy atom. The van der Waals surface area contributed by atoms with Crippen molar-refractivity contribution in [3.63, 3.8) is 0 Å². The van der Waals surface area contributed by atoms with Crippen LogP contribution in [-0.2, 0) is 9.53 Å². The number of carboxylic acids is 1. The van der Waals surface area contributed by atoms with Crippen LogP contribution in [0.4, 0.5) is 5.13 Å². The van der Waals surface area contributed by atoms with Crippen LogP contribution in [0.3, 0.4) is 0 Å². The monoisotopic (exact) mass is 269 g/mol. The third-order valence-corrected chi connectivity index (χ3v) is 4.03. The van der Waals surface area contributed by atoms with Gasteiger partial charge in [-0.1, -0.05) is 0 Å². The van der Waals surface area contributed by atoms with Gasteiger partial charge in [0.25, 0.3) is 0 Å². The predicted molar refractivity (Wildman–Crippen MR) is 66.1 cm³/mol. The minimum atomic E-state index is -0.929. The van der Waals surface area contributed by atoms with Gasteiger partial charge in [0.05, 0.1) is 13.1 Å². The van der Waals surface area contributed by atoms with Gasteiger partial charge < -0.3 is 14.7 Å². The Morgan fingerprint density at radius 3 is 2.94 bits per heavy atom. The summed E-state index contributed by atoms with van der Waals surface area (Å²) in [6.45, 7) is 3.04. The highest BCUT2D eigenvalue weighted by molar-refractivity contribution is 7.09. The molecule has 0 bridgehead atoms. The minimum Gasteiger partial charge on any atom is -0.480 e. The van der Waals surface area contributed by atoms with Crippen LogP contribution in [0.15, 0.2) is 0 Å². The maximum atomic E-state index is 10.5. The average molecular weight is 269 g/mol. The summed E-state index contributed by atoms with van der Waals surface area (Å²) in [5, 5.41) is 9.52. The minimum absolute atomic E-state index is 0.242. The van der Waals surface area contributed by atoms with Gasteiger partial charge in [0.1, 0.15) is 18.0 Å². The van der Waals surface area contributed by atoms with E-state index in [2.05, 4.69) is 14.3 Å². The first-order chi connectivity index (χ1) is 8.56. The van der Waals surface area contributed by atoms with Crippen molar-refractivity contribution in [1.82, 2.24) is 9.36 Å². The third kappa shape index (κ3) is 2.32. The first-order valence-electron chi connectivity index (χ1n) is 6.00. The fourth-order valence-corrected chi connectivity index (χ4v) is 2.83. The number of ether oxygens (including phenoxy) is 1. The molecule has 0 spiro atoms. The normalized spacial score (nSPS) is 21.7. The number of aliphatic carboxylic acids is 1. The highest BCUT2D eigenvalue weighted by Crippen LogP contribution is 2.40. The standard InChI is InChI=1S/C11H15N3O3S/c1-11(17-4-8(15)16)5-14(6-11)10-12-9(13-18-10)7-2-3-7/h7H,2-6H2,1H3,(H,15,16). The second kappa shape index (κ2) is 4.17. The lowest BCUT2D eigenvalue weighted by atomic mass is 9.97. The van der Waals surface area contributed by atoms with Crippen LogP contribution in [-0.4, -0.2) is 45.7 Å². The average Bonchev–Trinajstić information content (AvgIpc) is 3.02. The van der Waals surface area contributed by atoms with Gasteiger partial charge in [-0.2, -0.15) is 4.37 Å². The number of hydrogen-bond donors (Lipinski definition) is 1. The molecule has 1 aromatic rings. The van der Waals surface area contributed by atoms with Crippen molar-refractivity contribution in [2.45, 2.75) is 31.3 Å². The fourth-order valence-electron chi connectivity index (χ4n) is 2.09. The number of aromatic nitrogens is 2. The van der Waals surface area contributed by atoms with Crippen molar-refractivity contribution in [2.75, 3.05) is 24.6 Å². The van der Waals surface area contributed by atoms with Gasteiger partial charge in [-0.15, -0.1) is 0 Å². The van der Waals surface area contributed by atoms with E-state index in [1.807, 2.05) is 6.92 Å². The summed E-state index contributed by atoms with van der Waals surface area (Å²) in [6.07, 6.45) is 2.41. The van der Waals surface area contributed by atoms with Crippen molar-refractivity contribution in [2.24, 2.45) is 0 Å². The van der Waals surface area contributed by atoms with Crippen LogP contribution in [0.5, 0.6) is 0 Å². The molecule has 1 saturated heterocycles. The van der Waals surface area contributed by atoms with E-state index in [1.165, 1.54) is 24.4 Å². The molecule has 2 heterocycles. The first kappa shape index (κ1) is 11.9. The maximum absolute atomic E-state index is 10.5. The van der Waals surface area contributed by atoms with Crippen LogP contribution in [0.2, 0.25) is 0 Å². The quantitative estimate of drug-likeness (QED) is 0.862. The molecule has 0 amide bonds. The second-order valence-electron chi connectivity index (χ2n) is 5.20. The molecule has 0 radical (unpaired) electrons. The van der Waals surface area contributed by atoms with Gasteiger partial charge >= 0.3 is 5.97 Å². The largest absolute Gasteiger partial charge is 0.480 e. The summed E-state index contributed by atoms with van der Waals surface area (Å²) in [4.78, 5) is 17.1. The molecule has 3 rings (SSSR count). The molecule has 6 nitrogen and oxygen atoms in total. The lowest BCUT2D eigenvalue weighted by Gasteiger charge is -2.46. The molecular weight excluding hydrogens is 254 g/mol. The number of carbonyl (C=O) groups is 1. The summed E-state index contributed by atoms with van der Waals surface area (Å²) in [5.74, 6) is 0.614. The van der Waals surface area contributed by atoms with Gasteiger partial charge in [0.15, 0.2) is 0 Å². The Bertz CT molecular complexity index is 466. The number of anilines is 1. The van der Waals surface area contributed by atoms with Gasteiger partial charge in [0.2, 0.25) is 5.13 Å². The van der Waals surface area contributed by atoms with Gasteiger partial charge in [-0.05, 0) is 19.8 Å². The van der Waals surface area contributed by atoms with Crippen LogP contribution in [0.1, 0.15) is 31.5 Å². The molecule has 1 saturated carbocycles. The summed E-state index contributed by atoms with van der Waals surface area (Å²) in [7, 11) is 0. The zero-order chi connectivity index (χ0) is 12.8. The van der Waals surface area contributed by atoms with Crippen molar-refractivity contribution < 1.29 is 14.6 Å². The van der Waals surface area contributed by atoms with Crippen LogP contribution in [0.25, 0.3) is 0 Å². The summed E-state index contributed by atoms with van der Waals surface area (Å²) < 4.78 is 9.72. The van der Waals surface area contributed by atoms with Crippen LogP contribution < -0.4 is 4.90 Å².